The summed E-state index contributed by atoms with van der Waals surface area (Å²) in [6, 6.07) is 16.1. The smallest absolute Gasteiger partial charge is 0.263 e. The number of thiazole rings is 1. The fourth-order valence-corrected chi connectivity index (χ4v) is 3.32. The molecule has 0 aliphatic rings. The highest BCUT2D eigenvalue weighted by molar-refractivity contribution is 7.14. The van der Waals surface area contributed by atoms with Crippen LogP contribution in [0, 0.1) is 12.7 Å². The zero-order valence-corrected chi connectivity index (χ0v) is 14.1. The van der Waals surface area contributed by atoms with Gasteiger partial charge >= 0.3 is 0 Å². The van der Waals surface area contributed by atoms with Gasteiger partial charge in [0.1, 0.15) is 10.7 Å². The summed E-state index contributed by atoms with van der Waals surface area (Å²) in [6.45, 7) is 2.34. The molecule has 122 valence electrons. The summed E-state index contributed by atoms with van der Waals surface area (Å²) in [5.74, 6) is -0.404. The van der Waals surface area contributed by atoms with Gasteiger partial charge in [0, 0.05) is 12.1 Å². The van der Waals surface area contributed by atoms with Gasteiger partial charge in [-0.3, -0.25) is 4.79 Å². The van der Waals surface area contributed by atoms with Gasteiger partial charge in [0.25, 0.3) is 5.91 Å². The van der Waals surface area contributed by atoms with Crippen molar-refractivity contribution in [3.05, 3.63) is 75.9 Å². The van der Waals surface area contributed by atoms with E-state index >= 15 is 0 Å². The van der Waals surface area contributed by atoms with E-state index in [0.717, 1.165) is 16.1 Å². The van der Waals surface area contributed by atoms with Crippen LogP contribution in [0.15, 0.2) is 54.6 Å². The molecule has 2 aromatic carbocycles. The number of nitrogens with zero attached hydrogens (tertiary/aromatic N) is 1. The Morgan fingerprint density at radius 3 is 2.71 bits per heavy atom. The van der Waals surface area contributed by atoms with Gasteiger partial charge in [0.2, 0.25) is 0 Å². The summed E-state index contributed by atoms with van der Waals surface area (Å²) in [6.07, 6.45) is 0.585. The topological polar surface area (TPSA) is 42.0 Å². The number of carbonyl (C=O) groups is 1. The van der Waals surface area contributed by atoms with Gasteiger partial charge in [-0.1, -0.05) is 42.5 Å². The highest BCUT2D eigenvalue weighted by Crippen LogP contribution is 2.27. The summed E-state index contributed by atoms with van der Waals surface area (Å²) in [5.41, 5.74) is 2.50. The molecule has 1 heterocycles. The first kappa shape index (κ1) is 16.3. The Morgan fingerprint density at radius 2 is 1.96 bits per heavy atom. The molecular weight excluding hydrogens is 323 g/mol. The van der Waals surface area contributed by atoms with Crippen LogP contribution in [-0.2, 0) is 6.42 Å². The van der Waals surface area contributed by atoms with Crippen LogP contribution < -0.4 is 5.32 Å². The summed E-state index contributed by atoms with van der Waals surface area (Å²) in [7, 11) is 0. The molecule has 1 N–H and O–H groups in total. The summed E-state index contributed by atoms with van der Waals surface area (Å²) in [4.78, 5) is 17.6. The van der Waals surface area contributed by atoms with Crippen molar-refractivity contribution in [1.29, 1.82) is 0 Å². The van der Waals surface area contributed by atoms with E-state index in [1.165, 1.54) is 23.5 Å². The first-order valence-electron chi connectivity index (χ1n) is 7.69. The van der Waals surface area contributed by atoms with E-state index in [2.05, 4.69) is 10.3 Å². The molecule has 0 saturated heterocycles. The number of amides is 1. The van der Waals surface area contributed by atoms with Gasteiger partial charge in [-0.25, -0.2) is 9.37 Å². The average molecular weight is 340 g/mol. The normalized spacial score (nSPS) is 10.6. The number of aromatic nitrogens is 1. The fraction of sp³-hybridized carbons (Fsp3) is 0.158. The predicted octanol–water partition coefficient (Wildman–Crippen LogP) is 4.23. The lowest BCUT2D eigenvalue weighted by Gasteiger charge is -2.06. The molecular formula is C19H17FN2OS. The van der Waals surface area contributed by atoms with Crippen molar-refractivity contribution in [1.82, 2.24) is 10.3 Å². The van der Waals surface area contributed by atoms with Crippen LogP contribution in [0.5, 0.6) is 0 Å². The molecule has 0 atom stereocenters. The molecule has 3 aromatic rings. The second kappa shape index (κ2) is 7.36. The maximum atomic E-state index is 13.2. The van der Waals surface area contributed by atoms with Crippen LogP contribution >= 0.6 is 11.3 Å². The highest BCUT2D eigenvalue weighted by atomic mass is 32.1. The molecule has 1 amide bonds. The second-order valence-corrected chi connectivity index (χ2v) is 6.62. The zero-order chi connectivity index (χ0) is 16.9. The van der Waals surface area contributed by atoms with Gasteiger partial charge in [0.15, 0.2) is 0 Å². The number of rotatable bonds is 5. The third-order valence-electron chi connectivity index (χ3n) is 3.58. The molecule has 0 radical (unpaired) electrons. The summed E-state index contributed by atoms with van der Waals surface area (Å²) in [5, 5.41) is 3.75. The van der Waals surface area contributed by atoms with E-state index in [4.69, 9.17) is 0 Å². The van der Waals surface area contributed by atoms with Crippen molar-refractivity contribution < 1.29 is 9.18 Å². The van der Waals surface area contributed by atoms with E-state index in [1.54, 1.807) is 6.07 Å². The van der Waals surface area contributed by atoms with Crippen molar-refractivity contribution >= 4 is 17.2 Å². The summed E-state index contributed by atoms with van der Waals surface area (Å²) >= 11 is 1.38. The molecule has 5 heteroatoms. The minimum Gasteiger partial charge on any atom is -0.351 e. The van der Waals surface area contributed by atoms with Crippen LogP contribution in [0.3, 0.4) is 0 Å². The van der Waals surface area contributed by atoms with Crippen molar-refractivity contribution in [3.63, 3.8) is 0 Å². The first-order chi connectivity index (χ1) is 11.6. The molecule has 0 unspecified atom stereocenters. The van der Waals surface area contributed by atoms with E-state index in [0.29, 0.717) is 23.5 Å². The van der Waals surface area contributed by atoms with E-state index < -0.39 is 0 Å². The highest BCUT2D eigenvalue weighted by Gasteiger charge is 2.17. The molecule has 0 bridgehead atoms. The molecule has 3 rings (SSSR count). The maximum absolute atomic E-state index is 13.2. The quantitative estimate of drug-likeness (QED) is 0.755. The lowest BCUT2D eigenvalue weighted by atomic mass is 10.1. The van der Waals surface area contributed by atoms with Crippen LogP contribution in [0.4, 0.5) is 4.39 Å². The van der Waals surface area contributed by atoms with Crippen LogP contribution in [0.1, 0.15) is 20.2 Å². The van der Waals surface area contributed by atoms with E-state index in [9.17, 15) is 9.18 Å². The summed E-state index contributed by atoms with van der Waals surface area (Å²) < 4.78 is 13.2. The minimum absolute atomic E-state index is 0.143. The Labute approximate surface area is 144 Å². The number of hydrogen-bond acceptors (Lipinski definition) is 3. The van der Waals surface area contributed by atoms with Gasteiger partial charge in [0.05, 0.1) is 10.7 Å². The number of hydrogen-bond donors (Lipinski definition) is 1. The van der Waals surface area contributed by atoms with Crippen LogP contribution in [0.25, 0.3) is 11.3 Å². The molecule has 3 nitrogen and oxygen atoms in total. The van der Waals surface area contributed by atoms with Crippen LogP contribution in [-0.4, -0.2) is 17.4 Å². The Morgan fingerprint density at radius 1 is 1.17 bits per heavy atom. The van der Waals surface area contributed by atoms with Crippen LogP contribution in [0.2, 0.25) is 0 Å². The Kier molecular flexibility index (Phi) is 5.01. The Bertz CT molecular complexity index is 846. The van der Waals surface area contributed by atoms with Crippen molar-refractivity contribution in [2.45, 2.75) is 13.3 Å². The third kappa shape index (κ3) is 3.86. The number of nitrogens with one attached hydrogen (secondary N) is 1. The standard InChI is InChI=1S/C19H17FN2OS/c1-13-22-17(15-7-3-2-4-8-15)18(24-13)19(23)21-11-10-14-6-5-9-16(20)12-14/h2-9,12H,10-11H2,1H3,(H,21,23). The van der Waals surface area contributed by atoms with Crippen molar-refractivity contribution in [3.8, 4) is 11.3 Å². The average Bonchev–Trinajstić information content (AvgIpc) is 2.98. The molecule has 1 aromatic heterocycles. The molecule has 0 spiro atoms. The second-order valence-electron chi connectivity index (χ2n) is 5.41. The number of halogens is 1. The lowest BCUT2D eigenvalue weighted by molar-refractivity contribution is 0.0958. The zero-order valence-electron chi connectivity index (χ0n) is 13.3. The van der Waals surface area contributed by atoms with Gasteiger partial charge < -0.3 is 5.32 Å². The van der Waals surface area contributed by atoms with Crippen molar-refractivity contribution in [2.75, 3.05) is 6.54 Å². The number of aryl methyl sites for hydroxylation is 1. The third-order valence-corrected chi connectivity index (χ3v) is 4.55. The predicted molar refractivity (Wildman–Crippen MR) is 94.7 cm³/mol. The maximum Gasteiger partial charge on any atom is 0.263 e. The Hall–Kier alpha value is -2.53. The molecule has 0 saturated carbocycles. The SMILES string of the molecule is Cc1nc(-c2ccccc2)c(C(=O)NCCc2cccc(F)c2)s1. The molecule has 0 fully saturated rings. The molecule has 24 heavy (non-hydrogen) atoms. The van der Waals surface area contributed by atoms with E-state index in [-0.39, 0.29) is 11.7 Å². The Balaban J connectivity index is 1.69. The minimum atomic E-state index is -0.261. The van der Waals surface area contributed by atoms with Crippen molar-refractivity contribution in [2.24, 2.45) is 0 Å². The van der Waals surface area contributed by atoms with Gasteiger partial charge in [-0.05, 0) is 31.0 Å². The molecule has 0 aliphatic heterocycles. The van der Waals surface area contributed by atoms with E-state index in [1.807, 2.05) is 43.3 Å². The largest absolute Gasteiger partial charge is 0.351 e. The molecule has 0 aliphatic carbocycles. The monoisotopic (exact) mass is 340 g/mol. The van der Waals surface area contributed by atoms with Gasteiger partial charge in [-0.2, -0.15) is 0 Å². The first-order valence-corrected chi connectivity index (χ1v) is 8.50. The van der Waals surface area contributed by atoms with Gasteiger partial charge in [-0.15, -0.1) is 11.3 Å². The lowest BCUT2D eigenvalue weighted by Crippen LogP contribution is -2.25. The number of benzene rings is 2. The number of carbonyl (C=O) groups excluding carboxylic acids is 1. The fourth-order valence-electron chi connectivity index (χ4n) is 2.47.